The molecule has 0 N–H and O–H groups in total. The fourth-order valence-corrected chi connectivity index (χ4v) is 4.53. The smallest absolute Gasteiger partial charge is 0.203 e. The minimum absolute atomic E-state index is 0.126. The molecular formula is C21H31N5OS. The van der Waals surface area contributed by atoms with Gasteiger partial charge in [0.1, 0.15) is 0 Å². The summed E-state index contributed by atoms with van der Waals surface area (Å²) in [5, 5.41) is 4.97. The van der Waals surface area contributed by atoms with Crippen molar-refractivity contribution in [2.75, 3.05) is 32.8 Å². The van der Waals surface area contributed by atoms with E-state index in [9.17, 15) is 0 Å². The Morgan fingerprint density at radius 3 is 2.50 bits per heavy atom. The zero-order valence-electron chi connectivity index (χ0n) is 17.0. The van der Waals surface area contributed by atoms with Crippen molar-refractivity contribution in [3.63, 3.8) is 0 Å². The normalized spacial score (nSPS) is 21.1. The van der Waals surface area contributed by atoms with E-state index >= 15 is 0 Å². The van der Waals surface area contributed by atoms with Crippen LogP contribution in [0.3, 0.4) is 0 Å². The van der Waals surface area contributed by atoms with Gasteiger partial charge in [0.2, 0.25) is 4.77 Å². The Morgan fingerprint density at radius 2 is 1.79 bits per heavy atom. The molecule has 0 radical (unpaired) electrons. The van der Waals surface area contributed by atoms with Crippen molar-refractivity contribution < 1.29 is 4.74 Å². The fourth-order valence-electron chi connectivity index (χ4n) is 4.23. The highest BCUT2D eigenvalue weighted by Crippen LogP contribution is 2.20. The maximum Gasteiger partial charge on any atom is 0.203 e. The molecule has 2 aliphatic heterocycles. The van der Waals surface area contributed by atoms with Gasteiger partial charge in [0.05, 0.1) is 25.4 Å². The third-order valence-corrected chi connectivity index (χ3v) is 5.97. The van der Waals surface area contributed by atoms with Gasteiger partial charge in [-0.2, -0.15) is 5.10 Å². The van der Waals surface area contributed by atoms with Crippen molar-refractivity contribution in [2.24, 2.45) is 0 Å². The van der Waals surface area contributed by atoms with E-state index in [1.54, 1.807) is 0 Å². The van der Waals surface area contributed by atoms with Crippen LogP contribution in [0.5, 0.6) is 0 Å². The molecule has 2 aliphatic rings. The van der Waals surface area contributed by atoms with Crippen LogP contribution in [0, 0.1) is 4.77 Å². The lowest BCUT2D eigenvalue weighted by atomic mass is 10.1. The number of morpholine rings is 1. The molecule has 0 aliphatic carbocycles. The summed E-state index contributed by atoms with van der Waals surface area (Å²) >= 11 is 5.88. The van der Waals surface area contributed by atoms with Crippen LogP contribution in [0.25, 0.3) is 5.69 Å². The van der Waals surface area contributed by atoms with Crippen molar-refractivity contribution >= 4 is 12.2 Å². The summed E-state index contributed by atoms with van der Waals surface area (Å²) in [6.07, 6.45) is 3.88. The van der Waals surface area contributed by atoms with Crippen molar-refractivity contribution in [1.82, 2.24) is 24.1 Å². The lowest BCUT2D eigenvalue weighted by Crippen LogP contribution is -2.48. The van der Waals surface area contributed by atoms with Crippen LogP contribution >= 0.6 is 12.2 Å². The minimum Gasteiger partial charge on any atom is -0.373 e. The molecule has 0 bridgehead atoms. The Labute approximate surface area is 172 Å². The predicted molar refractivity (Wildman–Crippen MR) is 113 cm³/mol. The van der Waals surface area contributed by atoms with Crippen LogP contribution in [0.15, 0.2) is 30.3 Å². The minimum atomic E-state index is -0.126. The summed E-state index contributed by atoms with van der Waals surface area (Å²) in [7, 11) is 0. The summed E-state index contributed by atoms with van der Waals surface area (Å²) in [5.41, 5.74) is 0.965. The second kappa shape index (κ2) is 8.45. The molecule has 2 fully saturated rings. The molecule has 1 aromatic heterocycles. The first-order valence-corrected chi connectivity index (χ1v) is 10.8. The first-order valence-electron chi connectivity index (χ1n) is 10.3. The average molecular weight is 402 g/mol. The van der Waals surface area contributed by atoms with Crippen LogP contribution in [0.1, 0.15) is 38.9 Å². The molecule has 0 saturated carbocycles. The van der Waals surface area contributed by atoms with Gasteiger partial charge < -0.3 is 4.74 Å². The number of rotatable bonds is 5. The van der Waals surface area contributed by atoms with Gasteiger partial charge in [0, 0.05) is 18.8 Å². The molecule has 2 aromatic rings. The molecule has 0 amide bonds. The summed E-state index contributed by atoms with van der Waals surface area (Å²) in [6, 6.07) is 10.4. The molecule has 152 valence electrons. The fraction of sp³-hybridized carbons (Fsp3) is 0.619. The molecule has 7 heteroatoms. The molecule has 2 saturated heterocycles. The second-order valence-electron chi connectivity index (χ2n) is 8.51. The van der Waals surface area contributed by atoms with Crippen LogP contribution in [0.2, 0.25) is 0 Å². The van der Waals surface area contributed by atoms with E-state index in [2.05, 4.69) is 52.5 Å². The molecule has 4 rings (SSSR count). The van der Waals surface area contributed by atoms with Crippen molar-refractivity contribution in [3.8, 4) is 5.69 Å². The van der Waals surface area contributed by atoms with Gasteiger partial charge in [-0.05, 0) is 64.1 Å². The topological polar surface area (TPSA) is 38.5 Å². The highest BCUT2D eigenvalue weighted by Gasteiger charge is 2.28. The number of piperidine rings is 1. The quantitative estimate of drug-likeness (QED) is 0.718. The maximum atomic E-state index is 5.88. The van der Waals surface area contributed by atoms with Gasteiger partial charge in [-0.25, -0.2) is 4.68 Å². The van der Waals surface area contributed by atoms with E-state index in [4.69, 9.17) is 22.1 Å². The average Bonchev–Trinajstić information content (AvgIpc) is 2.97. The summed E-state index contributed by atoms with van der Waals surface area (Å²) in [5.74, 6) is 1.03. The molecule has 6 nitrogen and oxygen atoms in total. The van der Waals surface area contributed by atoms with Crippen molar-refractivity contribution in [2.45, 2.75) is 51.9 Å². The van der Waals surface area contributed by atoms with E-state index in [1.165, 1.54) is 19.3 Å². The number of para-hydroxylation sites is 1. The standard InChI is InChI=1S/C21H31N5OS/c1-21(2)16-24(13-14-27-21)17-25-20(28)26(18-9-5-3-6-10-18)19(22-25)15-23-11-7-4-8-12-23/h3,5-6,9-10H,4,7-8,11-17H2,1-2H3. The van der Waals surface area contributed by atoms with E-state index in [-0.39, 0.29) is 5.60 Å². The number of benzene rings is 1. The summed E-state index contributed by atoms with van der Waals surface area (Å²) in [4.78, 5) is 4.88. The summed E-state index contributed by atoms with van der Waals surface area (Å²) in [6.45, 7) is 10.7. The molecule has 0 atom stereocenters. The first-order chi connectivity index (χ1) is 13.5. The first kappa shape index (κ1) is 19.8. The number of likely N-dealkylation sites (tertiary alicyclic amines) is 1. The molecule has 28 heavy (non-hydrogen) atoms. The Kier molecular flexibility index (Phi) is 5.96. The van der Waals surface area contributed by atoms with Crippen LogP contribution in [-0.4, -0.2) is 62.5 Å². The monoisotopic (exact) mass is 401 g/mol. The molecule has 0 unspecified atom stereocenters. The zero-order chi connectivity index (χ0) is 19.6. The van der Waals surface area contributed by atoms with Crippen LogP contribution < -0.4 is 0 Å². The van der Waals surface area contributed by atoms with Crippen molar-refractivity contribution in [1.29, 1.82) is 0 Å². The van der Waals surface area contributed by atoms with E-state index < -0.39 is 0 Å². The number of hydrogen-bond acceptors (Lipinski definition) is 5. The predicted octanol–water partition coefficient (Wildman–Crippen LogP) is 3.46. The number of ether oxygens (including phenoxy) is 1. The Morgan fingerprint density at radius 1 is 1.04 bits per heavy atom. The van der Waals surface area contributed by atoms with E-state index in [0.29, 0.717) is 6.67 Å². The third-order valence-electron chi connectivity index (χ3n) is 5.57. The Balaban J connectivity index is 1.62. The van der Waals surface area contributed by atoms with Gasteiger partial charge in [-0.15, -0.1) is 0 Å². The molecule has 0 spiro atoms. The van der Waals surface area contributed by atoms with E-state index in [1.807, 2.05) is 10.7 Å². The Hall–Kier alpha value is -1.54. The molecule has 3 heterocycles. The largest absolute Gasteiger partial charge is 0.373 e. The van der Waals surface area contributed by atoms with E-state index in [0.717, 1.165) is 55.6 Å². The number of nitrogens with zero attached hydrogens (tertiary/aromatic N) is 5. The lowest BCUT2D eigenvalue weighted by Gasteiger charge is -2.37. The highest BCUT2D eigenvalue weighted by atomic mass is 32.1. The molecule has 1 aromatic carbocycles. The van der Waals surface area contributed by atoms with Gasteiger partial charge in [0.15, 0.2) is 5.82 Å². The lowest BCUT2D eigenvalue weighted by molar-refractivity contribution is -0.0947. The second-order valence-corrected chi connectivity index (χ2v) is 8.87. The van der Waals surface area contributed by atoms with Gasteiger partial charge in [0.25, 0.3) is 0 Å². The van der Waals surface area contributed by atoms with Gasteiger partial charge >= 0.3 is 0 Å². The van der Waals surface area contributed by atoms with Crippen molar-refractivity contribution in [3.05, 3.63) is 40.9 Å². The number of hydrogen-bond donors (Lipinski definition) is 0. The van der Waals surface area contributed by atoms with Crippen LogP contribution in [0.4, 0.5) is 0 Å². The van der Waals surface area contributed by atoms with Gasteiger partial charge in [-0.3, -0.25) is 14.4 Å². The van der Waals surface area contributed by atoms with Crippen LogP contribution in [-0.2, 0) is 18.0 Å². The SMILES string of the molecule is CC1(C)CN(Cn2nc(CN3CCCCC3)n(-c3ccccc3)c2=S)CCO1. The zero-order valence-corrected chi connectivity index (χ0v) is 17.8. The Bertz CT molecular complexity index is 838. The highest BCUT2D eigenvalue weighted by molar-refractivity contribution is 7.71. The molecular weight excluding hydrogens is 370 g/mol. The summed E-state index contributed by atoms with van der Waals surface area (Å²) < 4.78 is 10.8. The number of aromatic nitrogens is 3. The third kappa shape index (κ3) is 4.54. The maximum absolute atomic E-state index is 5.88. The van der Waals surface area contributed by atoms with Gasteiger partial charge in [-0.1, -0.05) is 24.6 Å².